The molecule has 2 aromatic carbocycles. The average Bonchev–Trinajstić information content (AvgIpc) is 2.91. The quantitative estimate of drug-likeness (QED) is 0.668. The van der Waals surface area contributed by atoms with Crippen LogP contribution in [0, 0.1) is 0 Å². The fraction of sp³-hybridized carbons (Fsp3) is 0.105. The maximum atomic E-state index is 13.1. The highest BCUT2D eigenvalue weighted by atomic mass is 19.4. The predicted octanol–water partition coefficient (Wildman–Crippen LogP) is 3.97. The molecule has 1 amide bonds. The highest BCUT2D eigenvalue weighted by molar-refractivity contribution is 6.07. The molecule has 1 aromatic heterocycles. The minimum absolute atomic E-state index is 0.114. The molecule has 136 valence electrons. The van der Waals surface area contributed by atoms with Crippen molar-refractivity contribution in [1.82, 2.24) is 4.98 Å². The Bertz CT molecular complexity index is 1130. The van der Waals surface area contributed by atoms with E-state index < -0.39 is 17.6 Å². The molecule has 0 fully saturated rings. The molecule has 2 N–H and O–H groups in total. The fourth-order valence-corrected chi connectivity index (χ4v) is 3.34. The van der Waals surface area contributed by atoms with Crippen LogP contribution in [0.1, 0.15) is 31.8 Å². The first-order valence-electron chi connectivity index (χ1n) is 7.92. The van der Waals surface area contributed by atoms with Crippen molar-refractivity contribution in [3.8, 4) is 11.3 Å². The Morgan fingerprint density at radius 2 is 1.70 bits per heavy atom. The van der Waals surface area contributed by atoms with Crippen LogP contribution in [0.4, 0.5) is 18.9 Å². The summed E-state index contributed by atoms with van der Waals surface area (Å²) >= 11 is 0. The van der Waals surface area contributed by atoms with Crippen molar-refractivity contribution in [3.63, 3.8) is 0 Å². The van der Waals surface area contributed by atoms with Crippen LogP contribution in [0.15, 0.2) is 30.3 Å². The van der Waals surface area contributed by atoms with E-state index in [1.54, 1.807) is 0 Å². The molecular formula is C19H11F3N2O3. The van der Waals surface area contributed by atoms with Gasteiger partial charge < -0.3 is 10.3 Å². The number of amides is 1. The van der Waals surface area contributed by atoms with Crippen LogP contribution in [0.3, 0.4) is 0 Å². The molecule has 0 saturated carbocycles. The van der Waals surface area contributed by atoms with Gasteiger partial charge in [0.1, 0.15) is 0 Å². The Kier molecular flexibility index (Phi) is 3.66. The van der Waals surface area contributed by atoms with Crippen molar-refractivity contribution in [3.05, 3.63) is 52.6 Å². The number of H-pyrrole nitrogens is 1. The first kappa shape index (κ1) is 17.0. The third-order valence-electron chi connectivity index (χ3n) is 4.59. The van der Waals surface area contributed by atoms with Crippen molar-refractivity contribution >= 4 is 35.1 Å². The molecule has 3 aromatic rings. The maximum absolute atomic E-state index is 13.1. The van der Waals surface area contributed by atoms with Crippen molar-refractivity contribution in [2.24, 2.45) is 0 Å². The Hall–Kier alpha value is -3.42. The summed E-state index contributed by atoms with van der Waals surface area (Å²) in [5, 5.41) is 2.92. The number of aldehydes is 2. The lowest BCUT2D eigenvalue weighted by atomic mass is 9.98. The second-order valence-electron chi connectivity index (χ2n) is 6.22. The average molecular weight is 372 g/mol. The van der Waals surface area contributed by atoms with Gasteiger partial charge in [-0.3, -0.25) is 14.4 Å². The van der Waals surface area contributed by atoms with Gasteiger partial charge in [0.05, 0.1) is 23.4 Å². The van der Waals surface area contributed by atoms with Gasteiger partial charge >= 0.3 is 6.18 Å². The van der Waals surface area contributed by atoms with E-state index in [2.05, 4.69) is 10.3 Å². The molecule has 0 unspecified atom stereocenters. The molecule has 0 saturated heterocycles. The molecule has 1 aliphatic rings. The molecule has 1 aliphatic heterocycles. The summed E-state index contributed by atoms with van der Waals surface area (Å²) in [5.41, 5.74) is 1.47. The normalized spacial score (nSPS) is 13.5. The number of rotatable bonds is 2. The Balaban J connectivity index is 2.03. The molecule has 5 nitrogen and oxygen atoms in total. The number of nitrogens with one attached hydrogen (secondary N) is 2. The predicted molar refractivity (Wildman–Crippen MR) is 91.8 cm³/mol. The topological polar surface area (TPSA) is 79.0 Å². The summed E-state index contributed by atoms with van der Waals surface area (Å²) in [4.78, 5) is 37.8. The molecule has 4 rings (SSSR count). The zero-order valence-electron chi connectivity index (χ0n) is 13.6. The van der Waals surface area contributed by atoms with Crippen LogP contribution in [0.25, 0.3) is 22.2 Å². The molecule has 27 heavy (non-hydrogen) atoms. The molecule has 0 aliphatic carbocycles. The number of halogens is 3. The summed E-state index contributed by atoms with van der Waals surface area (Å²) < 4.78 is 39.2. The SMILES string of the molecule is O=Cc1cc2c(cc1C=O)-c1[nH]c3ccc(C(F)(F)F)cc3c1CC(=O)N2. The second-order valence-corrected chi connectivity index (χ2v) is 6.22. The summed E-state index contributed by atoms with van der Waals surface area (Å²) in [5.74, 6) is -0.427. The molecule has 2 heterocycles. The van der Waals surface area contributed by atoms with Crippen molar-refractivity contribution in [1.29, 1.82) is 0 Å². The zero-order chi connectivity index (χ0) is 19.3. The summed E-state index contributed by atoms with van der Waals surface area (Å²) in [6.07, 6.45) is -3.63. The number of benzene rings is 2. The van der Waals surface area contributed by atoms with Crippen LogP contribution in [-0.4, -0.2) is 23.5 Å². The van der Waals surface area contributed by atoms with E-state index in [-0.39, 0.29) is 22.9 Å². The fourth-order valence-electron chi connectivity index (χ4n) is 3.34. The van der Waals surface area contributed by atoms with Gasteiger partial charge in [-0.2, -0.15) is 13.2 Å². The van der Waals surface area contributed by atoms with E-state index in [0.29, 0.717) is 40.6 Å². The third-order valence-corrected chi connectivity index (χ3v) is 4.59. The van der Waals surface area contributed by atoms with Crippen LogP contribution >= 0.6 is 0 Å². The molecule has 0 bridgehead atoms. The first-order chi connectivity index (χ1) is 12.8. The molecule has 0 spiro atoms. The Morgan fingerprint density at radius 1 is 1.00 bits per heavy atom. The molecule has 0 radical (unpaired) electrons. The van der Waals surface area contributed by atoms with Crippen LogP contribution in [-0.2, 0) is 17.4 Å². The number of aromatic nitrogens is 1. The number of aromatic amines is 1. The standard InChI is InChI=1S/C19H11F3N2O3/c20-19(21,22)11-1-2-15-12(5-11)13-6-17(27)23-16-4-10(8-26)9(7-25)3-14(16)18(13)24-15/h1-5,7-8,24H,6H2,(H,23,27). The molecular weight excluding hydrogens is 361 g/mol. The summed E-state index contributed by atoms with van der Waals surface area (Å²) in [6.45, 7) is 0. The Morgan fingerprint density at radius 3 is 2.37 bits per heavy atom. The van der Waals surface area contributed by atoms with Gasteiger partial charge in [-0.25, -0.2) is 0 Å². The summed E-state index contributed by atoms with van der Waals surface area (Å²) in [7, 11) is 0. The largest absolute Gasteiger partial charge is 0.416 e. The maximum Gasteiger partial charge on any atom is 0.416 e. The van der Waals surface area contributed by atoms with Crippen molar-refractivity contribution in [2.45, 2.75) is 12.6 Å². The molecule has 0 atom stereocenters. The van der Waals surface area contributed by atoms with Gasteiger partial charge in [-0.05, 0) is 35.9 Å². The summed E-state index contributed by atoms with van der Waals surface area (Å²) in [6, 6.07) is 6.10. The zero-order valence-corrected chi connectivity index (χ0v) is 13.6. The van der Waals surface area contributed by atoms with E-state index in [0.717, 1.165) is 12.1 Å². The van der Waals surface area contributed by atoms with Gasteiger partial charge in [-0.15, -0.1) is 0 Å². The van der Waals surface area contributed by atoms with Gasteiger partial charge in [-0.1, -0.05) is 0 Å². The van der Waals surface area contributed by atoms with E-state index in [1.807, 2.05) is 0 Å². The lowest BCUT2D eigenvalue weighted by Crippen LogP contribution is -2.13. The minimum atomic E-state index is -4.51. The van der Waals surface area contributed by atoms with Crippen LogP contribution in [0.2, 0.25) is 0 Å². The monoisotopic (exact) mass is 372 g/mol. The third kappa shape index (κ3) is 2.69. The van der Waals surface area contributed by atoms with Crippen molar-refractivity contribution < 1.29 is 27.6 Å². The van der Waals surface area contributed by atoms with Gasteiger partial charge in [0.25, 0.3) is 0 Å². The van der Waals surface area contributed by atoms with E-state index >= 15 is 0 Å². The first-order valence-corrected chi connectivity index (χ1v) is 7.92. The number of hydrogen-bond acceptors (Lipinski definition) is 3. The second kappa shape index (κ2) is 5.80. The Labute approximate surface area is 150 Å². The number of carbonyl (C=O) groups excluding carboxylic acids is 3. The van der Waals surface area contributed by atoms with E-state index in [9.17, 15) is 27.6 Å². The smallest absolute Gasteiger partial charge is 0.354 e. The van der Waals surface area contributed by atoms with E-state index in [4.69, 9.17) is 0 Å². The number of alkyl halides is 3. The lowest BCUT2D eigenvalue weighted by molar-refractivity contribution is -0.137. The van der Waals surface area contributed by atoms with Crippen LogP contribution in [0.5, 0.6) is 0 Å². The van der Waals surface area contributed by atoms with E-state index in [1.165, 1.54) is 18.2 Å². The molecule has 8 heteroatoms. The lowest BCUT2D eigenvalue weighted by Gasteiger charge is -2.09. The van der Waals surface area contributed by atoms with Crippen molar-refractivity contribution in [2.75, 3.05) is 5.32 Å². The number of carbonyl (C=O) groups is 3. The highest BCUT2D eigenvalue weighted by Crippen LogP contribution is 2.40. The van der Waals surface area contributed by atoms with Gasteiger partial charge in [0.15, 0.2) is 12.6 Å². The highest BCUT2D eigenvalue weighted by Gasteiger charge is 2.32. The minimum Gasteiger partial charge on any atom is -0.354 e. The van der Waals surface area contributed by atoms with Gasteiger partial charge in [0, 0.05) is 27.6 Å². The number of anilines is 1. The number of hydrogen-bond donors (Lipinski definition) is 2. The van der Waals surface area contributed by atoms with Gasteiger partial charge in [0.2, 0.25) is 5.91 Å². The van der Waals surface area contributed by atoms with Crippen LogP contribution < -0.4 is 5.32 Å². The number of fused-ring (bicyclic) bond motifs is 5.